The van der Waals surface area contributed by atoms with Gasteiger partial charge < -0.3 is 9.47 Å². The van der Waals surface area contributed by atoms with E-state index in [9.17, 15) is 0 Å². The van der Waals surface area contributed by atoms with Crippen molar-refractivity contribution in [1.82, 2.24) is 4.57 Å². The van der Waals surface area contributed by atoms with Crippen LogP contribution in [0.1, 0.15) is 0 Å². The lowest BCUT2D eigenvalue weighted by atomic mass is 9.92. The minimum Gasteiger partial charge on any atom is -0.311 e. The van der Waals surface area contributed by atoms with Crippen LogP contribution in [-0.2, 0) is 0 Å². The Morgan fingerprint density at radius 3 is 1.00 bits per heavy atom. The smallest absolute Gasteiger partial charge is 0.0541 e. The first kappa shape index (κ1) is 43.1. The fraction of sp³-hybridized carbons (Fsp3) is 0. The van der Waals surface area contributed by atoms with E-state index < -0.39 is 0 Å². The maximum Gasteiger partial charge on any atom is 0.0541 e. The summed E-state index contributed by atoms with van der Waals surface area (Å²) < 4.78 is 2.45. The van der Waals surface area contributed by atoms with Crippen LogP contribution in [0.2, 0.25) is 0 Å². The largest absolute Gasteiger partial charge is 0.311 e. The molecule has 0 saturated heterocycles. The van der Waals surface area contributed by atoms with Crippen LogP contribution >= 0.6 is 0 Å². The molecule has 0 N–H and O–H groups in total. The topological polar surface area (TPSA) is 8.17 Å². The summed E-state index contributed by atoms with van der Waals surface area (Å²) in [5, 5.41) is 10.1. The fourth-order valence-electron chi connectivity index (χ4n) is 11.3. The van der Waals surface area contributed by atoms with E-state index in [0.717, 1.165) is 28.3 Å². The first-order valence-electron chi connectivity index (χ1n) is 25.5. The van der Waals surface area contributed by atoms with Crippen molar-refractivity contribution in [1.29, 1.82) is 0 Å². The Kier molecular flexibility index (Phi) is 10.6. The quantitative estimate of drug-likeness (QED) is 0.131. The van der Waals surface area contributed by atoms with Gasteiger partial charge in [-0.3, -0.25) is 0 Å². The van der Waals surface area contributed by atoms with Crippen molar-refractivity contribution >= 4 is 71.2 Å². The van der Waals surface area contributed by atoms with E-state index >= 15 is 0 Å². The van der Waals surface area contributed by atoms with Crippen molar-refractivity contribution in [3.05, 3.63) is 291 Å². The van der Waals surface area contributed by atoms with Crippen molar-refractivity contribution in [3.8, 4) is 61.3 Å². The van der Waals surface area contributed by atoms with E-state index in [1.165, 1.54) is 104 Å². The van der Waals surface area contributed by atoms with Crippen molar-refractivity contribution in [2.24, 2.45) is 0 Å². The van der Waals surface area contributed by atoms with Crippen LogP contribution in [-0.4, -0.2) is 4.57 Å². The number of aromatic nitrogens is 1. The Bertz CT molecular complexity index is 4330. The van der Waals surface area contributed by atoms with Gasteiger partial charge in [-0.15, -0.1) is 0 Å². The van der Waals surface area contributed by atoms with Gasteiger partial charge in [-0.25, -0.2) is 0 Å². The number of hydrogen-bond acceptors (Lipinski definition) is 1. The number of rotatable bonds is 9. The standard InChI is InChI=1S/C72H48N2/c1-4-15-49(16-5-1)51-27-29-53(30-28-51)56-36-43-71-69(47-56)70-48-57(54-33-40-61(41-34-54)73(59-20-8-3-9-21-59)60-38-31-52(32-39-60)50-17-6-2-7-18-50)37-44-72(70)74(71)62-22-14-19-55(45-62)58-35-42-67-65-25-11-10-23-63(65)64-24-12-13-26-66(64)68(67)46-58/h1-48H. The number of anilines is 3. The second kappa shape index (κ2) is 18.1. The van der Waals surface area contributed by atoms with Crippen molar-refractivity contribution < 1.29 is 0 Å². The average molecular weight is 941 g/mol. The van der Waals surface area contributed by atoms with E-state index in [2.05, 4.69) is 301 Å². The van der Waals surface area contributed by atoms with Crippen molar-refractivity contribution in [2.45, 2.75) is 0 Å². The maximum absolute atomic E-state index is 2.45. The van der Waals surface area contributed by atoms with Gasteiger partial charge in [0.05, 0.1) is 11.0 Å². The van der Waals surface area contributed by atoms with E-state index in [-0.39, 0.29) is 0 Å². The molecule has 0 aliphatic heterocycles. The monoisotopic (exact) mass is 940 g/mol. The molecule has 0 spiro atoms. The van der Waals surface area contributed by atoms with Gasteiger partial charge in [0.25, 0.3) is 0 Å². The minimum absolute atomic E-state index is 1.10. The van der Waals surface area contributed by atoms with Crippen LogP contribution in [0.25, 0.3) is 115 Å². The third-order valence-corrected chi connectivity index (χ3v) is 15.0. The zero-order valence-electron chi connectivity index (χ0n) is 40.6. The Hall–Kier alpha value is -9.76. The van der Waals surface area contributed by atoms with Gasteiger partial charge in [0, 0.05) is 33.5 Å². The molecule has 0 bridgehead atoms. The molecule has 2 nitrogen and oxygen atoms in total. The van der Waals surface area contributed by atoms with E-state index in [0.29, 0.717) is 0 Å². The summed E-state index contributed by atoms with van der Waals surface area (Å²) in [5.74, 6) is 0. The molecule has 0 fully saturated rings. The predicted octanol–water partition coefficient (Wildman–Crippen LogP) is 20.0. The molecule has 2 heteroatoms. The molecule has 13 aromatic carbocycles. The van der Waals surface area contributed by atoms with Gasteiger partial charge in [-0.05, 0) is 167 Å². The lowest BCUT2D eigenvalue weighted by molar-refractivity contribution is 1.18. The zero-order valence-corrected chi connectivity index (χ0v) is 40.6. The van der Waals surface area contributed by atoms with Crippen molar-refractivity contribution in [3.63, 3.8) is 0 Å². The molecule has 0 aliphatic rings. The maximum atomic E-state index is 2.45. The molecule has 0 saturated carbocycles. The molecular formula is C72H48N2. The second-order valence-corrected chi connectivity index (χ2v) is 19.3. The summed E-state index contributed by atoms with van der Waals surface area (Å²) in [6, 6.07) is 106. The second-order valence-electron chi connectivity index (χ2n) is 19.3. The van der Waals surface area contributed by atoms with E-state index in [1.807, 2.05) is 0 Å². The molecule has 0 aliphatic carbocycles. The molecule has 14 aromatic rings. The lowest BCUT2D eigenvalue weighted by Gasteiger charge is -2.26. The van der Waals surface area contributed by atoms with Gasteiger partial charge in [0.2, 0.25) is 0 Å². The molecule has 0 amide bonds. The third-order valence-electron chi connectivity index (χ3n) is 15.0. The first-order valence-corrected chi connectivity index (χ1v) is 25.5. The first-order chi connectivity index (χ1) is 36.7. The summed E-state index contributed by atoms with van der Waals surface area (Å²) in [5.41, 5.74) is 18.7. The summed E-state index contributed by atoms with van der Waals surface area (Å²) >= 11 is 0. The van der Waals surface area contributed by atoms with Crippen molar-refractivity contribution in [2.75, 3.05) is 4.90 Å². The van der Waals surface area contributed by atoms with E-state index in [1.54, 1.807) is 0 Å². The molecule has 346 valence electrons. The molecule has 14 rings (SSSR count). The number of hydrogen-bond donors (Lipinski definition) is 0. The molecule has 1 aromatic heterocycles. The van der Waals surface area contributed by atoms with Crippen LogP contribution in [0.4, 0.5) is 17.1 Å². The Morgan fingerprint density at radius 2 is 0.500 bits per heavy atom. The summed E-state index contributed by atoms with van der Waals surface area (Å²) in [6.45, 7) is 0. The Morgan fingerprint density at radius 1 is 0.189 bits per heavy atom. The number of nitrogens with zero attached hydrogens (tertiary/aromatic N) is 2. The zero-order chi connectivity index (χ0) is 49.0. The number of para-hydroxylation sites is 1. The van der Waals surface area contributed by atoms with Crippen LogP contribution < -0.4 is 4.90 Å². The highest BCUT2D eigenvalue weighted by Crippen LogP contribution is 2.42. The van der Waals surface area contributed by atoms with Gasteiger partial charge in [-0.2, -0.15) is 0 Å². The third kappa shape index (κ3) is 7.60. The Labute approximate surface area is 430 Å². The highest BCUT2D eigenvalue weighted by atomic mass is 15.1. The average Bonchev–Trinajstić information content (AvgIpc) is 3.84. The van der Waals surface area contributed by atoms with Gasteiger partial charge in [0.15, 0.2) is 0 Å². The summed E-state index contributed by atoms with van der Waals surface area (Å²) in [4.78, 5) is 2.33. The highest BCUT2D eigenvalue weighted by molar-refractivity contribution is 6.25. The molecule has 74 heavy (non-hydrogen) atoms. The lowest BCUT2D eigenvalue weighted by Crippen LogP contribution is -2.09. The molecule has 0 atom stereocenters. The summed E-state index contributed by atoms with van der Waals surface area (Å²) in [6.07, 6.45) is 0. The van der Waals surface area contributed by atoms with Gasteiger partial charge >= 0.3 is 0 Å². The molecular weight excluding hydrogens is 893 g/mol. The van der Waals surface area contributed by atoms with Crippen LogP contribution in [0.5, 0.6) is 0 Å². The van der Waals surface area contributed by atoms with Crippen LogP contribution in [0.15, 0.2) is 291 Å². The molecule has 0 unspecified atom stereocenters. The minimum atomic E-state index is 1.10. The normalized spacial score (nSPS) is 11.5. The SMILES string of the molecule is c1ccc(-c2ccc(-c3ccc4c(c3)c3cc(-c5ccc(N(c6ccccc6)c6ccc(-c7ccccc7)cc6)cc5)ccc3n4-c3cccc(-c4ccc5c6ccccc6c6ccccc6c5c4)c3)cc2)cc1. The van der Waals surface area contributed by atoms with Gasteiger partial charge in [0.1, 0.15) is 0 Å². The van der Waals surface area contributed by atoms with E-state index in [4.69, 9.17) is 0 Å². The summed E-state index contributed by atoms with van der Waals surface area (Å²) in [7, 11) is 0. The number of benzene rings is 13. The number of fused-ring (bicyclic) bond motifs is 9. The molecule has 0 radical (unpaired) electrons. The fourth-order valence-corrected chi connectivity index (χ4v) is 11.3. The molecule has 1 heterocycles. The highest BCUT2D eigenvalue weighted by Gasteiger charge is 2.18. The Balaban J connectivity index is 0.878. The predicted molar refractivity (Wildman–Crippen MR) is 315 cm³/mol. The van der Waals surface area contributed by atoms with Crippen LogP contribution in [0, 0.1) is 0 Å². The van der Waals surface area contributed by atoms with Crippen LogP contribution in [0.3, 0.4) is 0 Å². The van der Waals surface area contributed by atoms with Gasteiger partial charge in [-0.1, -0.05) is 212 Å².